The van der Waals surface area contributed by atoms with Crippen LogP contribution in [0.4, 0.5) is 0 Å². The van der Waals surface area contributed by atoms with Crippen LogP contribution in [0.15, 0.2) is 0 Å². The average Bonchev–Trinajstić information content (AvgIpc) is 2.78. The van der Waals surface area contributed by atoms with Gasteiger partial charge in [0.1, 0.15) is 24.4 Å². The molecule has 1 heterocycles. The van der Waals surface area contributed by atoms with Crippen molar-refractivity contribution in [3.8, 4) is 0 Å². The van der Waals surface area contributed by atoms with Crippen molar-refractivity contribution in [2.45, 2.75) is 88.5 Å². The fourth-order valence-corrected chi connectivity index (χ4v) is 2.75. The Morgan fingerprint density at radius 3 is 2.14 bits per heavy atom. The van der Waals surface area contributed by atoms with Gasteiger partial charge >= 0.3 is 5.97 Å². The first-order valence-corrected chi connectivity index (χ1v) is 8.00. The van der Waals surface area contributed by atoms with E-state index in [-0.39, 0.29) is 0 Å². The molecule has 0 radical (unpaired) electrons. The third-order valence-electron chi connectivity index (χ3n) is 4.13. The van der Waals surface area contributed by atoms with E-state index in [1.807, 2.05) is 0 Å². The molecule has 0 aromatic heterocycles. The van der Waals surface area contributed by atoms with E-state index in [2.05, 4.69) is 6.92 Å². The number of unbranched alkanes of at least 4 members (excludes halogenated alkanes) is 5. The lowest BCUT2D eigenvalue weighted by Gasteiger charge is -2.21. The maximum Gasteiger partial charge on any atom is 0.335 e. The summed E-state index contributed by atoms with van der Waals surface area (Å²) in [5, 5.41) is 47.8. The highest BCUT2D eigenvalue weighted by atomic mass is 16.6. The molecule has 130 valence electrons. The Balaban J connectivity index is 2.39. The molecule has 1 aliphatic rings. The Kier molecular flexibility index (Phi) is 8.27. The summed E-state index contributed by atoms with van der Waals surface area (Å²) in [7, 11) is 0. The summed E-state index contributed by atoms with van der Waals surface area (Å²) in [5.74, 6) is -1.54. The minimum absolute atomic E-state index is 0.399. The molecular weight excluding hydrogens is 292 g/mol. The van der Waals surface area contributed by atoms with Gasteiger partial charge < -0.3 is 30.3 Å². The molecule has 0 saturated carbocycles. The molecular formula is C15H28O7. The maximum atomic E-state index is 10.7. The van der Waals surface area contributed by atoms with Crippen LogP contribution in [0.2, 0.25) is 0 Å². The van der Waals surface area contributed by atoms with Gasteiger partial charge in [0.25, 0.3) is 0 Å². The van der Waals surface area contributed by atoms with E-state index in [0.717, 1.165) is 32.1 Å². The largest absolute Gasteiger partial charge is 0.479 e. The van der Waals surface area contributed by atoms with Crippen molar-refractivity contribution in [1.29, 1.82) is 0 Å². The second-order valence-corrected chi connectivity index (χ2v) is 5.95. The molecule has 0 aliphatic carbocycles. The second-order valence-electron chi connectivity index (χ2n) is 5.95. The zero-order valence-corrected chi connectivity index (χ0v) is 13.0. The Hall–Kier alpha value is -0.730. The molecule has 1 aliphatic heterocycles. The lowest BCUT2D eigenvalue weighted by molar-refractivity contribution is -0.160. The minimum atomic E-state index is -1.93. The zero-order chi connectivity index (χ0) is 16.7. The minimum Gasteiger partial charge on any atom is -0.479 e. The van der Waals surface area contributed by atoms with Crippen LogP contribution in [-0.2, 0) is 9.53 Å². The van der Waals surface area contributed by atoms with E-state index in [9.17, 15) is 25.2 Å². The quantitative estimate of drug-likeness (QED) is 0.359. The monoisotopic (exact) mass is 320 g/mol. The van der Waals surface area contributed by atoms with E-state index >= 15 is 0 Å². The van der Waals surface area contributed by atoms with Crippen molar-refractivity contribution in [1.82, 2.24) is 0 Å². The van der Waals surface area contributed by atoms with Crippen molar-refractivity contribution < 1.29 is 35.1 Å². The summed E-state index contributed by atoms with van der Waals surface area (Å²) in [5.41, 5.74) is 0. The lowest BCUT2D eigenvalue weighted by Crippen LogP contribution is -2.43. The number of ether oxygens (including phenoxy) is 1. The predicted molar refractivity (Wildman–Crippen MR) is 78.3 cm³/mol. The van der Waals surface area contributed by atoms with Gasteiger partial charge in [0.2, 0.25) is 0 Å². The molecule has 7 heteroatoms. The highest BCUT2D eigenvalue weighted by Gasteiger charge is 2.50. The topological polar surface area (TPSA) is 127 Å². The zero-order valence-electron chi connectivity index (χ0n) is 13.0. The highest BCUT2D eigenvalue weighted by Crippen LogP contribution is 2.28. The summed E-state index contributed by atoms with van der Waals surface area (Å²) in [6, 6.07) is 0. The van der Waals surface area contributed by atoms with Crippen LogP contribution in [0.3, 0.4) is 0 Å². The van der Waals surface area contributed by atoms with Gasteiger partial charge in [0.15, 0.2) is 6.10 Å². The number of aliphatic hydroxyl groups is 4. The molecule has 1 saturated heterocycles. The van der Waals surface area contributed by atoms with Crippen molar-refractivity contribution in [2.24, 2.45) is 0 Å². The molecule has 0 bridgehead atoms. The SMILES string of the molecule is CCCCCCCCC(O)[C@@H]1O[C@H]([C@H](O)C(=O)O)C(O)C1O. The van der Waals surface area contributed by atoms with Crippen LogP contribution < -0.4 is 0 Å². The van der Waals surface area contributed by atoms with Crippen LogP contribution in [-0.4, -0.2) is 68.1 Å². The first-order chi connectivity index (χ1) is 10.4. The molecule has 22 heavy (non-hydrogen) atoms. The third-order valence-corrected chi connectivity index (χ3v) is 4.13. The lowest BCUT2D eigenvalue weighted by atomic mass is 9.98. The van der Waals surface area contributed by atoms with Gasteiger partial charge in [-0.1, -0.05) is 45.4 Å². The van der Waals surface area contributed by atoms with Crippen molar-refractivity contribution >= 4 is 5.97 Å². The standard InChI is InChI=1S/C15H28O7/c1-2-3-4-5-6-7-8-9(16)13-10(17)11(18)14(22-13)12(19)15(20)21/h9-14,16-19H,2-8H2,1H3,(H,20,21)/t9?,10?,11?,12-,13-,14-/m0/s1. The molecule has 6 atom stereocenters. The second kappa shape index (κ2) is 9.42. The summed E-state index contributed by atoms with van der Waals surface area (Å²) in [4.78, 5) is 10.7. The van der Waals surface area contributed by atoms with Gasteiger partial charge in [-0.05, 0) is 6.42 Å². The molecule has 1 rings (SSSR count). The average molecular weight is 320 g/mol. The van der Waals surface area contributed by atoms with Gasteiger partial charge in [0.05, 0.1) is 6.10 Å². The van der Waals surface area contributed by atoms with Gasteiger partial charge in [-0.15, -0.1) is 0 Å². The fraction of sp³-hybridized carbons (Fsp3) is 0.933. The molecule has 0 amide bonds. The number of aliphatic hydroxyl groups excluding tert-OH is 4. The number of hydrogen-bond donors (Lipinski definition) is 5. The third kappa shape index (κ3) is 5.17. The Morgan fingerprint density at radius 2 is 1.55 bits per heavy atom. The number of rotatable bonds is 10. The van der Waals surface area contributed by atoms with Crippen LogP contribution in [0.1, 0.15) is 51.9 Å². The number of carboxylic acid groups (broad SMARTS) is 1. The molecule has 3 unspecified atom stereocenters. The molecule has 0 aromatic rings. The molecule has 7 nitrogen and oxygen atoms in total. The fourth-order valence-electron chi connectivity index (χ4n) is 2.75. The normalized spacial score (nSPS) is 31.1. The Bertz CT molecular complexity index is 336. The summed E-state index contributed by atoms with van der Waals surface area (Å²) in [6.45, 7) is 2.13. The predicted octanol–water partition coefficient (Wildman–Crippen LogP) is 0.0326. The van der Waals surface area contributed by atoms with E-state index in [0.29, 0.717) is 6.42 Å². The van der Waals surface area contributed by atoms with E-state index < -0.39 is 42.6 Å². The highest BCUT2D eigenvalue weighted by molar-refractivity contribution is 5.73. The number of carboxylic acids is 1. The van der Waals surface area contributed by atoms with E-state index in [1.54, 1.807) is 0 Å². The molecule has 5 N–H and O–H groups in total. The summed E-state index contributed by atoms with van der Waals surface area (Å²) in [6.07, 6.45) is -1.68. The van der Waals surface area contributed by atoms with Crippen molar-refractivity contribution in [3.05, 3.63) is 0 Å². The number of carbonyl (C=O) groups is 1. The number of hydrogen-bond acceptors (Lipinski definition) is 6. The van der Waals surface area contributed by atoms with Gasteiger partial charge in [-0.2, -0.15) is 0 Å². The van der Waals surface area contributed by atoms with Gasteiger partial charge in [-0.25, -0.2) is 4.79 Å². The summed E-state index contributed by atoms with van der Waals surface area (Å²) < 4.78 is 5.19. The van der Waals surface area contributed by atoms with Gasteiger partial charge in [-0.3, -0.25) is 0 Å². The molecule has 0 spiro atoms. The van der Waals surface area contributed by atoms with Crippen LogP contribution in [0.5, 0.6) is 0 Å². The summed E-state index contributed by atoms with van der Waals surface area (Å²) >= 11 is 0. The van der Waals surface area contributed by atoms with Crippen LogP contribution in [0.25, 0.3) is 0 Å². The van der Waals surface area contributed by atoms with Crippen LogP contribution in [0, 0.1) is 0 Å². The van der Waals surface area contributed by atoms with Crippen molar-refractivity contribution in [2.75, 3.05) is 0 Å². The first-order valence-electron chi connectivity index (χ1n) is 8.00. The van der Waals surface area contributed by atoms with Crippen molar-refractivity contribution in [3.63, 3.8) is 0 Å². The molecule has 1 fully saturated rings. The smallest absolute Gasteiger partial charge is 0.335 e. The first kappa shape index (κ1) is 19.3. The van der Waals surface area contributed by atoms with E-state index in [1.165, 1.54) is 6.42 Å². The van der Waals surface area contributed by atoms with E-state index in [4.69, 9.17) is 9.84 Å². The maximum absolute atomic E-state index is 10.7. The number of aliphatic carboxylic acids is 1. The Labute approximate surface area is 130 Å². The van der Waals surface area contributed by atoms with Crippen LogP contribution >= 0.6 is 0 Å². The Morgan fingerprint density at radius 1 is 1.00 bits per heavy atom. The van der Waals surface area contributed by atoms with Gasteiger partial charge in [0, 0.05) is 0 Å². The molecule has 0 aromatic carbocycles.